The molecule has 1 fully saturated rings. The smallest absolute Gasteiger partial charge is 0.326 e. The number of carboxylic acids is 2. The summed E-state index contributed by atoms with van der Waals surface area (Å²) in [5, 5.41) is 47.5. The normalized spacial score (nSPS) is 18.5. The highest BCUT2D eigenvalue weighted by Gasteiger charge is 2.34. The number of carbonyl (C=O) groups excluding carboxylic acids is 3. The number of aliphatic hydroxyl groups is 1. The molecule has 0 bridgehead atoms. The Bertz CT molecular complexity index is 929. The second kappa shape index (κ2) is 12.7. The Morgan fingerprint density at radius 2 is 1.66 bits per heavy atom. The third-order valence-corrected chi connectivity index (χ3v) is 5.44. The minimum absolute atomic E-state index is 0.00448. The van der Waals surface area contributed by atoms with Crippen molar-refractivity contribution in [2.24, 2.45) is 0 Å². The molecular formula is C22H30N4O9. The molecule has 0 radical (unpaired) electrons. The average molecular weight is 495 g/mol. The topological polar surface area (TPSA) is 214 Å². The number of carboxylic acid groups (broad SMARTS) is 2. The van der Waals surface area contributed by atoms with E-state index >= 15 is 0 Å². The van der Waals surface area contributed by atoms with Crippen molar-refractivity contribution < 1.29 is 44.4 Å². The fraction of sp³-hybridized carbons (Fsp3) is 0.500. The third-order valence-electron chi connectivity index (χ3n) is 5.44. The number of rotatable bonds is 12. The van der Waals surface area contributed by atoms with Crippen LogP contribution >= 0.6 is 0 Å². The summed E-state index contributed by atoms with van der Waals surface area (Å²) >= 11 is 0. The van der Waals surface area contributed by atoms with Gasteiger partial charge in [0.2, 0.25) is 17.7 Å². The number of phenolic OH excluding ortho intramolecular Hbond substituents is 1. The van der Waals surface area contributed by atoms with E-state index in [4.69, 9.17) is 10.2 Å². The molecule has 0 spiro atoms. The number of hydrogen-bond acceptors (Lipinski definition) is 8. The van der Waals surface area contributed by atoms with Gasteiger partial charge in [0.25, 0.3) is 0 Å². The third kappa shape index (κ3) is 8.54. The molecule has 0 aliphatic carbocycles. The predicted molar refractivity (Wildman–Crippen MR) is 120 cm³/mol. The van der Waals surface area contributed by atoms with Gasteiger partial charge in [-0.3, -0.25) is 19.2 Å². The molecule has 2 rings (SSSR count). The zero-order valence-electron chi connectivity index (χ0n) is 19.1. The molecular weight excluding hydrogens is 464 g/mol. The van der Waals surface area contributed by atoms with Crippen molar-refractivity contribution >= 4 is 29.7 Å². The SMILES string of the molecule is CC(O)C(NC(=O)C(Cc1ccc(O)cc1)NC(=O)C1CCCN1)C(=O)NC(CC(=O)O)C(=O)O. The Kier molecular flexibility index (Phi) is 9.97. The molecule has 3 amide bonds. The zero-order valence-corrected chi connectivity index (χ0v) is 19.1. The molecule has 0 saturated carbocycles. The molecule has 1 aromatic carbocycles. The second-order valence-corrected chi connectivity index (χ2v) is 8.30. The molecule has 5 atom stereocenters. The van der Waals surface area contributed by atoms with Gasteiger partial charge < -0.3 is 41.7 Å². The maximum Gasteiger partial charge on any atom is 0.326 e. The summed E-state index contributed by atoms with van der Waals surface area (Å²) in [7, 11) is 0. The van der Waals surface area contributed by atoms with Gasteiger partial charge in [0.05, 0.1) is 18.6 Å². The van der Waals surface area contributed by atoms with Crippen molar-refractivity contribution in [3.8, 4) is 5.75 Å². The highest BCUT2D eigenvalue weighted by Crippen LogP contribution is 2.13. The molecule has 13 heteroatoms. The molecule has 35 heavy (non-hydrogen) atoms. The van der Waals surface area contributed by atoms with Gasteiger partial charge in [-0.1, -0.05) is 12.1 Å². The Morgan fingerprint density at radius 3 is 2.17 bits per heavy atom. The van der Waals surface area contributed by atoms with Crippen molar-refractivity contribution in [3.63, 3.8) is 0 Å². The molecule has 8 N–H and O–H groups in total. The Labute approximate surface area is 200 Å². The molecule has 1 heterocycles. The number of benzene rings is 1. The van der Waals surface area contributed by atoms with Crippen molar-refractivity contribution in [3.05, 3.63) is 29.8 Å². The number of phenols is 1. The van der Waals surface area contributed by atoms with Crippen molar-refractivity contribution in [2.45, 2.75) is 62.9 Å². The van der Waals surface area contributed by atoms with Crippen LogP contribution in [0.15, 0.2) is 24.3 Å². The van der Waals surface area contributed by atoms with Gasteiger partial charge in [-0.2, -0.15) is 0 Å². The van der Waals surface area contributed by atoms with Gasteiger partial charge in [-0.05, 0) is 44.0 Å². The summed E-state index contributed by atoms with van der Waals surface area (Å²) in [4.78, 5) is 60.5. The number of aromatic hydroxyl groups is 1. The monoisotopic (exact) mass is 494 g/mol. The first-order valence-electron chi connectivity index (χ1n) is 11.0. The van der Waals surface area contributed by atoms with Crippen LogP contribution in [0.1, 0.15) is 31.7 Å². The predicted octanol–water partition coefficient (Wildman–Crippen LogP) is -1.92. The largest absolute Gasteiger partial charge is 0.508 e. The molecule has 192 valence electrons. The lowest BCUT2D eigenvalue weighted by atomic mass is 10.0. The van der Waals surface area contributed by atoms with E-state index in [2.05, 4.69) is 16.0 Å². The van der Waals surface area contributed by atoms with E-state index in [1.54, 1.807) is 12.1 Å². The van der Waals surface area contributed by atoms with Crippen LogP contribution in [0, 0.1) is 0 Å². The quantitative estimate of drug-likeness (QED) is 0.161. The van der Waals surface area contributed by atoms with Crippen LogP contribution in [0.4, 0.5) is 0 Å². The number of carbonyl (C=O) groups is 5. The van der Waals surface area contributed by atoms with Crippen molar-refractivity contribution in [1.82, 2.24) is 21.3 Å². The first-order valence-corrected chi connectivity index (χ1v) is 11.0. The summed E-state index contributed by atoms with van der Waals surface area (Å²) in [6.45, 7) is 1.84. The lowest BCUT2D eigenvalue weighted by Gasteiger charge is -2.26. The van der Waals surface area contributed by atoms with Crippen LogP contribution < -0.4 is 21.3 Å². The van der Waals surface area contributed by atoms with E-state index < -0.39 is 66.4 Å². The maximum atomic E-state index is 13.1. The van der Waals surface area contributed by atoms with E-state index in [1.165, 1.54) is 19.1 Å². The number of aliphatic carboxylic acids is 2. The summed E-state index contributed by atoms with van der Waals surface area (Å²) in [6.07, 6.45) is -1.01. The van der Waals surface area contributed by atoms with Crippen LogP contribution in [-0.4, -0.2) is 86.9 Å². The number of hydrogen-bond donors (Lipinski definition) is 8. The summed E-state index contributed by atoms with van der Waals surface area (Å²) in [5.74, 6) is -5.41. The Hall–Kier alpha value is -3.71. The van der Waals surface area contributed by atoms with E-state index in [0.717, 1.165) is 6.42 Å². The standard InChI is InChI=1S/C22H30N4O9/c1-11(27)18(21(33)25-16(22(34)35)10-17(29)30)26-20(32)15(9-12-4-6-13(28)7-5-12)24-19(31)14-3-2-8-23-14/h4-7,11,14-16,18,23,27-28H,2-3,8-10H2,1H3,(H,24,31)(H,25,33)(H,26,32)(H,29,30)(H,34,35). The molecule has 1 aromatic rings. The maximum absolute atomic E-state index is 13.1. The average Bonchev–Trinajstić information content (AvgIpc) is 3.32. The van der Waals surface area contributed by atoms with E-state index in [0.29, 0.717) is 18.5 Å². The first-order chi connectivity index (χ1) is 16.5. The zero-order chi connectivity index (χ0) is 26.1. The molecule has 5 unspecified atom stereocenters. The van der Waals surface area contributed by atoms with E-state index in [1.807, 2.05) is 5.32 Å². The minimum Gasteiger partial charge on any atom is -0.508 e. The molecule has 0 aromatic heterocycles. The number of aliphatic hydroxyl groups excluding tert-OH is 1. The van der Waals surface area contributed by atoms with Crippen LogP contribution in [0.5, 0.6) is 5.75 Å². The summed E-state index contributed by atoms with van der Waals surface area (Å²) in [6, 6.07) is 0.860. The lowest BCUT2D eigenvalue weighted by Crippen LogP contribution is -2.60. The van der Waals surface area contributed by atoms with Crippen molar-refractivity contribution in [2.75, 3.05) is 6.54 Å². The second-order valence-electron chi connectivity index (χ2n) is 8.30. The molecule has 13 nitrogen and oxygen atoms in total. The highest BCUT2D eigenvalue weighted by atomic mass is 16.4. The van der Waals surface area contributed by atoms with Gasteiger partial charge in [-0.25, -0.2) is 4.79 Å². The summed E-state index contributed by atoms with van der Waals surface area (Å²) in [5.41, 5.74) is 0.591. The van der Waals surface area contributed by atoms with Gasteiger partial charge in [0, 0.05) is 6.42 Å². The Morgan fingerprint density at radius 1 is 1.00 bits per heavy atom. The number of nitrogens with one attached hydrogen (secondary N) is 4. The van der Waals surface area contributed by atoms with Crippen LogP contribution in [0.25, 0.3) is 0 Å². The van der Waals surface area contributed by atoms with Crippen LogP contribution in [0.3, 0.4) is 0 Å². The van der Waals surface area contributed by atoms with Gasteiger partial charge in [0.1, 0.15) is 23.9 Å². The first kappa shape index (κ1) is 27.5. The molecule has 1 aliphatic rings. The fourth-order valence-electron chi connectivity index (χ4n) is 3.55. The van der Waals surface area contributed by atoms with E-state index in [-0.39, 0.29) is 12.2 Å². The highest BCUT2D eigenvalue weighted by molar-refractivity contribution is 5.95. The minimum atomic E-state index is -1.78. The van der Waals surface area contributed by atoms with Gasteiger partial charge in [0.15, 0.2) is 0 Å². The number of amides is 3. The van der Waals surface area contributed by atoms with E-state index in [9.17, 15) is 34.2 Å². The summed E-state index contributed by atoms with van der Waals surface area (Å²) < 4.78 is 0. The van der Waals surface area contributed by atoms with Crippen molar-refractivity contribution in [1.29, 1.82) is 0 Å². The molecule has 1 aliphatic heterocycles. The van der Waals surface area contributed by atoms with Crippen LogP contribution in [-0.2, 0) is 30.4 Å². The van der Waals surface area contributed by atoms with Crippen LogP contribution in [0.2, 0.25) is 0 Å². The Balaban J connectivity index is 2.18. The van der Waals surface area contributed by atoms with Gasteiger partial charge >= 0.3 is 11.9 Å². The van der Waals surface area contributed by atoms with Gasteiger partial charge in [-0.15, -0.1) is 0 Å². The lowest BCUT2D eigenvalue weighted by molar-refractivity contribution is -0.148. The fourth-order valence-corrected chi connectivity index (χ4v) is 3.55. The molecule has 1 saturated heterocycles.